The lowest BCUT2D eigenvalue weighted by molar-refractivity contribution is 0.112. The largest absolute Gasteiger partial charge is 0.507 e. The molecule has 0 saturated heterocycles. The van der Waals surface area contributed by atoms with E-state index in [1.54, 1.807) is 0 Å². The number of aldehydes is 1. The molecular formula is C17H20O3. The van der Waals surface area contributed by atoms with Crippen LogP contribution in [0.1, 0.15) is 48.5 Å². The van der Waals surface area contributed by atoms with Crippen LogP contribution in [-0.2, 0) is 0 Å². The Hall–Kier alpha value is -2.03. The van der Waals surface area contributed by atoms with Gasteiger partial charge in [-0.15, -0.1) is 0 Å². The van der Waals surface area contributed by atoms with Gasteiger partial charge in [0, 0.05) is 17.0 Å². The molecular weight excluding hydrogens is 252 g/mol. The first-order valence-electron chi connectivity index (χ1n) is 6.77. The molecule has 0 radical (unpaired) electrons. The van der Waals surface area contributed by atoms with E-state index in [-0.39, 0.29) is 28.9 Å². The van der Waals surface area contributed by atoms with Crippen LogP contribution in [0.15, 0.2) is 35.9 Å². The summed E-state index contributed by atoms with van der Waals surface area (Å²) < 4.78 is 0. The number of carbonyl (C=O) groups excluding carboxylic acids is 1. The van der Waals surface area contributed by atoms with Crippen LogP contribution >= 0.6 is 0 Å². The lowest BCUT2D eigenvalue weighted by atomic mass is 9.74. The Labute approximate surface area is 119 Å². The minimum Gasteiger partial charge on any atom is -0.507 e. The molecule has 3 heteroatoms. The highest BCUT2D eigenvalue weighted by molar-refractivity contribution is 5.77. The molecule has 1 aliphatic carbocycles. The summed E-state index contributed by atoms with van der Waals surface area (Å²) in [4.78, 5) is 10.8. The predicted octanol–water partition coefficient (Wildman–Crippen LogP) is 3.93. The van der Waals surface area contributed by atoms with Crippen LogP contribution in [0.2, 0.25) is 0 Å². The van der Waals surface area contributed by atoms with Crippen molar-refractivity contribution in [1.29, 1.82) is 0 Å². The number of allylic oxidation sites excluding steroid dienone is 3. The monoisotopic (exact) mass is 272 g/mol. The summed E-state index contributed by atoms with van der Waals surface area (Å²) in [7, 11) is 0. The smallest absolute Gasteiger partial charge is 0.150 e. The first-order chi connectivity index (χ1) is 9.43. The molecule has 1 aliphatic rings. The molecule has 0 saturated carbocycles. The molecule has 1 unspecified atom stereocenters. The number of phenolic OH excluding ortho intramolecular Hbond substituents is 2. The second-order valence-corrected chi connectivity index (χ2v) is 5.62. The first kappa shape index (κ1) is 14.4. The van der Waals surface area contributed by atoms with Gasteiger partial charge in [-0.1, -0.05) is 23.8 Å². The molecule has 20 heavy (non-hydrogen) atoms. The lowest BCUT2D eigenvalue weighted by Gasteiger charge is -2.31. The van der Waals surface area contributed by atoms with Gasteiger partial charge in [-0.05, 0) is 44.7 Å². The van der Waals surface area contributed by atoms with E-state index in [1.165, 1.54) is 17.7 Å². The number of hydrogen-bond acceptors (Lipinski definition) is 3. The number of carbonyl (C=O) groups is 1. The van der Waals surface area contributed by atoms with Crippen molar-refractivity contribution < 1.29 is 15.0 Å². The molecule has 0 spiro atoms. The highest BCUT2D eigenvalue weighted by atomic mass is 16.3. The molecule has 2 atom stereocenters. The van der Waals surface area contributed by atoms with E-state index in [0.717, 1.165) is 18.4 Å². The maximum absolute atomic E-state index is 10.8. The van der Waals surface area contributed by atoms with Gasteiger partial charge in [0.1, 0.15) is 17.8 Å². The molecule has 0 heterocycles. The molecule has 2 N–H and O–H groups in total. The van der Waals surface area contributed by atoms with E-state index >= 15 is 0 Å². The Balaban J connectivity index is 2.55. The summed E-state index contributed by atoms with van der Waals surface area (Å²) in [6.07, 6.45) is 4.65. The third-order valence-corrected chi connectivity index (χ3v) is 4.01. The van der Waals surface area contributed by atoms with E-state index in [1.807, 2.05) is 6.92 Å². The number of hydrogen-bond donors (Lipinski definition) is 2. The molecule has 3 nitrogen and oxygen atoms in total. The van der Waals surface area contributed by atoms with Gasteiger partial charge < -0.3 is 10.2 Å². The molecule has 1 aromatic carbocycles. The van der Waals surface area contributed by atoms with E-state index in [9.17, 15) is 15.0 Å². The second-order valence-electron chi connectivity index (χ2n) is 5.62. The molecule has 2 rings (SSSR count). The van der Waals surface area contributed by atoms with Crippen molar-refractivity contribution in [2.75, 3.05) is 0 Å². The number of phenols is 2. The molecule has 0 aromatic heterocycles. The van der Waals surface area contributed by atoms with Gasteiger partial charge in [0.25, 0.3) is 0 Å². The standard InChI is InChI=1S/C17H20O3/c1-10(2)13-5-4-11(3)6-14(13)17-15(19)7-12(9-18)8-16(17)20/h6-9,13-14,19-20H,1,4-5H2,2-3H3/t13-,14?/m0/s1. The zero-order valence-corrected chi connectivity index (χ0v) is 11.9. The average molecular weight is 272 g/mol. The van der Waals surface area contributed by atoms with Crippen molar-refractivity contribution in [3.63, 3.8) is 0 Å². The highest BCUT2D eigenvalue weighted by Crippen LogP contribution is 2.46. The Morgan fingerprint density at radius 3 is 2.45 bits per heavy atom. The number of rotatable bonds is 3. The number of benzene rings is 1. The Kier molecular flexibility index (Phi) is 3.98. The van der Waals surface area contributed by atoms with Gasteiger partial charge in [0.2, 0.25) is 0 Å². The summed E-state index contributed by atoms with van der Waals surface area (Å²) >= 11 is 0. The second kappa shape index (κ2) is 5.53. The van der Waals surface area contributed by atoms with Gasteiger partial charge >= 0.3 is 0 Å². The topological polar surface area (TPSA) is 57.5 Å². The molecule has 0 fully saturated rings. The fourth-order valence-electron chi connectivity index (χ4n) is 2.96. The Morgan fingerprint density at radius 1 is 1.35 bits per heavy atom. The highest BCUT2D eigenvalue weighted by Gasteiger charge is 2.29. The van der Waals surface area contributed by atoms with Gasteiger partial charge in [-0.3, -0.25) is 4.79 Å². The van der Waals surface area contributed by atoms with Gasteiger partial charge in [0.05, 0.1) is 0 Å². The normalized spacial score (nSPS) is 22.2. The molecule has 1 aromatic rings. The van der Waals surface area contributed by atoms with Crippen molar-refractivity contribution in [2.45, 2.75) is 32.6 Å². The van der Waals surface area contributed by atoms with Gasteiger partial charge in [0.15, 0.2) is 0 Å². The van der Waals surface area contributed by atoms with Crippen LogP contribution in [0.25, 0.3) is 0 Å². The molecule has 106 valence electrons. The Morgan fingerprint density at radius 2 is 1.95 bits per heavy atom. The van der Waals surface area contributed by atoms with Crippen LogP contribution in [0, 0.1) is 5.92 Å². The van der Waals surface area contributed by atoms with Crippen LogP contribution in [0.5, 0.6) is 11.5 Å². The maximum atomic E-state index is 10.8. The summed E-state index contributed by atoms with van der Waals surface area (Å²) in [5.74, 6) is 0.0307. The SMILES string of the molecule is C=C(C)[C@@H]1CCC(C)=CC1c1c(O)cc(C=O)cc1O. The fourth-order valence-corrected chi connectivity index (χ4v) is 2.96. The minimum atomic E-state index is -0.0954. The Bertz CT molecular complexity index is 561. The zero-order chi connectivity index (χ0) is 14.9. The van der Waals surface area contributed by atoms with Crippen molar-refractivity contribution in [3.05, 3.63) is 47.1 Å². The zero-order valence-electron chi connectivity index (χ0n) is 11.9. The van der Waals surface area contributed by atoms with Crippen LogP contribution < -0.4 is 0 Å². The van der Waals surface area contributed by atoms with E-state index in [2.05, 4.69) is 19.6 Å². The van der Waals surface area contributed by atoms with E-state index < -0.39 is 0 Å². The van der Waals surface area contributed by atoms with Gasteiger partial charge in [-0.2, -0.15) is 0 Å². The average Bonchev–Trinajstić information content (AvgIpc) is 2.37. The van der Waals surface area contributed by atoms with E-state index in [0.29, 0.717) is 11.8 Å². The summed E-state index contributed by atoms with van der Waals surface area (Å²) in [5.41, 5.74) is 3.04. The van der Waals surface area contributed by atoms with Crippen molar-refractivity contribution in [3.8, 4) is 11.5 Å². The van der Waals surface area contributed by atoms with Gasteiger partial charge in [-0.25, -0.2) is 0 Å². The van der Waals surface area contributed by atoms with Crippen molar-refractivity contribution >= 4 is 6.29 Å². The molecule has 0 amide bonds. The predicted molar refractivity (Wildman–Crippen MR) is 79.2 cm³/mol. The third kappa shape index (κ3) is 2.62. The quantitative estimate of drug-likeness (QED) is 0.647. The summed E-state index contributed by atoms with van der Waals surface area (Å²) in [6.45, 7) is 8.05. The van der Waals surface area contributed by atoms with Crippen LogP contribution in [0.3, 0.4) is 0 Å². The van der Waals surface area contributed by atoms with Crippen molar-refractivity contribution in [1.82, 2.24) is 0 Å². The van der Waals surface area contributed by atoms with Crippen LogP contribution in [0.4, 0.5) is 0 Å². The fraction of sp³-hybridized carbons (Fsp3) is 0.353. The summed E-state index contributed by atoms with van der Waals surface area (Å²) in [5, 5.41) is 20.3. The van der Waals surface area contributed by atoms with E-state index in [4.69, 9.17) is 0 Å². The minimum absolute atomic E-state index is 0.0331. The number of aromatic hydroxyl groups is 2. The maximum Gasteiger partial charge on any atom is 0.150 e. The lowest BCUT2D eigenvalue weighted by Crippen LogP contribution is -2.17. The molecule has 0 aliphatic heterocycles. The molecule has 0 bridgehead atoms. The van der Waals surface area contributed by atoms with Crippen molar-refractivity contribution in [2.24, 2.45) is 5.92 Å². The first-order valence-corrected chi connectivity index (χ1v) is 6.77. The summed E-state index contributed by atoms with van der Waals surface area (Å²) in [6, 6.07) is 2.80. The third-order valence-electron chi connectivity index (χ3n) is 4.01. The van der Waals surface area contributed by atoms with Crippen LogP contribution in [-0.4, -0.2) is 16.5 Å².